The number of thioether (sulfide) groups is 1. The minimum absolute atomic E-state index is 0.944. The van der Waals surface area contributed by atoms with E-state index in [1.165, 1.54) is 75.1 Å². The fourth-order valence-electron chi connectivity index (χ4n) is 4.68. The summed E-state index contributed by atoms with van der Waals surface area (Å²) < 4.78 is 0. The number of nitrogens with zero attached hydrogens (tertiary/aromatic N) is 2. The SMILES string of the molecule is N#Cc1c(SCC[NH+]2CCCC2)[nH+]c(N2CCCC2)c2c1CCCC2. The number of hydrogen-bond donors (Lipinski definition) is 1. The fourth-order valence-corrected chi connectivity index (χ4v) is 5.76. The Hall–Kier alpha value is -1.25. The van der Waals surface area contributed by atoms with Gasteiger partial charge in [0.1, 0.15) is 11.6 Å². The van der Waals surface area contributed by atoms with Crippen molar-refractivity contribution < 1.29 is 9.88 Å². The lowest BCUT2D eigenvalue weighted by Gasteiger charge is -2.22. The molecule has 0 atom stereocenters. The summed E-state index contributed by atoms with van der Waals surface area (Å²) in [5.74, 6) is 2.45. The Kier molecular flexibility index (Phi) is 5.48. The number of rotatable bonds is 5. The van der Waals surface area contributed by atoms with E-state index in [4.69, 9.17) is 0 Å². The lowest BCUT2D eigenvalue weighted by molar-refractivity contribution is -0.884. The van der Waals surface area contributed by atoms with Crippen LogP contribution in [0.2, 0.25) is 0 Å². The molecule has 4 nitrogen and oxygen atoms in total. The molecular formula is C20H30N4S+2. The first-order valence-corrected chi connectivity index (χ1v) is 11.1. The third kappa shape index (κ3) is 3.66. The Morgan fingerprint density at radius 1 is 1.00 bits per heavy atom. The van der Waals surface area contributed by atoms with E-state index >= 15 is 0 Å². The van der Waals surface area contributed by atoms with Crippen molar-refractivity contribution in [2.45, 2.75) is 56.4 Å². The summed E-state index contributed by atoms with van der Waals surface area (Å²) in [6, 6.07) is 2.54. The number of fused-ring (bicyclic) bond motifs is 1. The molecule has 5 heteroatoms. The Labute approximate surface area is 155 Å². The number of aromatic amines is 1. The predicted molar refractivity (Wildman–Crippen MR) is 101 cm³/mol. The van der Waals surface area contributed by atoms with Crippen LogP contribution in [-0.4, -0.2) is 38.5 Å². The van der Waals surface area contributed by atoms with Gasteiger partial charge in [0.15, 0.2) is 5.03 Å². The minimum Gasteiger partial charge on any atom is -0.334 e. The topological polar surface area (TPSA) is 45.6 Å². The molecule has 0 spiro atoms. The molecule has 2 N–H and O–H groups in total. The number of aromatic nitrogens is 1. The Morgan fingerprint density at radius 2 is 1.72 bits per heavy atom. The second kappa shape index (κ2) is 7.97. The molecule has 0 aromatic carbocycles. The maximum absolute atomic E-state index is 9.84. The van der Waals surface area contributed by atoms with Crippen LogP contribution in [0.25, 0.3) is 0 Å². The van der Waals surface area contributed by atoms with Crippen molar-refractivity contribution in [3.05, 3.63) is 16.7 Å². The normalized spacial score (nSPS) is 20.7. The third-order valence-corrected chi connectivity index (χ3v) is 7.06. The molecule has 0 saturated carbocycles. The molecule has 2 fully saturated rings. The number of quaternary nitrogens is 1. The number of anilines is 1. The van der Waals surface area contributed by atoms with Crippen molar-refractivity contribution >= 4 is 17.6 Å². The molecule has 0 amide bonds. The van der Waals surface area contributed by atoms with Gasteiger partial charge in [0.2, 0.25) is 0 Å². The van der Waals surface area contributed by atoms with Gasteiger partial charge in [-0.2, -0.15) is 5.26 Å². The van der Waals surface area contributed by atoms with Gasteiger partial charge in [-0.1, -0.05) is 11.8 Å². The maximum Gasteiger partial charge on any atom is 0.278 e. The number of pyridine rings is 1. The van der Waals surface area contributed by atoms with E-state index in [1.807, 2.05) is 11.8 Å². The van der Waals surface area contributed by atoms with E-state index in [0.717, 1.165) is 42.3 Å². The smallest absolute Gasteiger partial charge is 0.278 e. The molecule has 3 heterocycles. The highest BCUT2D eigenvalue weighted by Crippen LogP contribution is 2.34. The molecule has 1 aliphatic carbocycles. The summed E-state index contributed by atoms with van der Waals surface area (Å²) in [5, 5.41) is 11.0. The maximum atomic E-state index is 9.84. The molecule has 0 unspecified atom stereocenters. The van der Waals surface area contributed by atoms with Crippen molar-refractivity contribution in [3.8, 4) is 6.07 Å². The Morgan fingerprint density at radius 3 is 2.44 bits per heavy atom. The van der Waals surface area contributed by atoms with Gasteiger partial charge in [0.05, 0.1) is 38.5 Å². The molecule has 4 rings (SSSR count). The highest BCUT2D eigenvalue weighted by molar-refractivity contribution is 7.99. The highest BCUT2D eigenvalue weighted by atomic mass is 32.2. The van der Waals surface area contributed by atoms with Gasteiger partial charge in [-0.25, -0.2) is 4.98 Å². The van der Waals surface area contributed by atoms with E-state index in [2.05, 4.69) is 16.0 Å². The first-order chi connectivity index (χ1) is 12.4. The molecule has 2 saturated heterocycles. The molecule has 0 radical (unpaired) electrons. The van der Waals surface area contributed by atoms with Gasteiger partial charge < -0.3 is 4.90 Å². The molecular weight excluding hydrogens is 328 g/mol. The van der Waals surface area contributed by atoms with Crippen LogP contribution >= 0.6 is 11.8 Å². The van der Waals surface area contributed by atoms with Crippen LogP contribution < -0.4 is 14.8 Å². The summed E-state index contributed by atoms with van der Waals surface area (Å²) in [5.41, 5.74) is 3.74. The molecule has 134 valence electrons. The number of nitriles is 1. The summed E-state index contributed by atoms with van der Waals surface area (Å²) in [6.07, 6.45) is 10.1. The number of H-pyrrole nitrogens is 1. The van der Waals surface area contributed by atoms with Crippen LogP contribution in [-0.2, 0) is 12.8 Å². The molecule has 1 aromatic heterocycles. The Balaban J connectivity index is 1.60. The van der Waals surface area contributed by atoms with Crippen LogP contribution in [0.4, 0.5) is 5.82 Å². The van der Waals surface area contributed by atoms with Crippen LogP contribution in [0.1, 0.15) is 55.2 Å². The van der Waals surface area contributed by atoms with Crippen LogP contribution in [0, 0.1) is 11.3 Å². The molecule has 1 aromatic rings. The van der Waals surface area contributed by atoms with E-state index in [9.17, 15) is 5.26 Å². The monoisotopic (exact) mass is 358 g/mol. The number of hydrogen-bond acceptors (Lipinski definition) is 3. The second-order valence-electron chi connectivity index (χ2n) is 7.70. The van der Waals surface area contributed by atoms with Crippen molar-refractivity contribution in [1.29, 1.82) is 5.26 Å². The van der Waals surface area contributed by atoms with Crippen molar-refractivity contribution in [2.24, 2.45) is 0 Å². The molecule has 25 heavy (non-hydrogen) atoms. The number of likely N-dealkylation sites (tertiary alicyclic amines) is 1. The molecule has 2 aliphatic heterocycles. The summed E-state index contributed by atoms with van der Waals surface area (Å²) in [4.78, 5) is 7.98. The number of nitrogens with one attached hydrogen (secondary N) is 2. The van der Waals surface area contributed by atoms with Crippen molar-refractivity contribution in [1.82, 2.24) is 0 Å². The van der Waals surface area contributed by atoms with Crippen LogP contribution in [0.15, 0.2) is 5.03 Å². The standard InChI is InChI=1S/C20H28N4S/c21-15-18-16-7-1-2-8-17(16)19(24-11-5-6-12-24)22-20(18)25-14-13-23-9-3-4-10-23/h1-14H2/p+2. The van der Waals surface area contributed by atoms with Crippen molar-refractivity contribution in [3.63, 3.8) is 0 Å². The van der Waals surface area contributed by atoms with Crippen molar-refractivity contribution in [2.75, 3.05) is 43.4 Å². The van der Waals surface area contributed by atoms with Crippen LogP contribution in [0.5, 0.6) is 0 Å². The summed E-state index contributed by atoms with van der Waals surface area (Å²) >= 11 is 1.88. The van der Waals surface area contributed by atoms with E-state index < -0.39 is 0 Å². The first-order valence-electron chi connectivity index (χ1n) is 10.1. The zero-order valence-corrected chi connectivity index (χ0v) is 16.0. The average Bonchev–Trinajstić information content (AvgIpc) is 3.35. The zero-order chi connectivity index (χ0) is 17.1. The third-order valence-electron chi connectivity index (χ3n) is 6.06. The summed E-state index contributed by atoms with van der Waals surface area (Å²) in [7, 11) is 0. The average molecular weight is 359 g/mol. The quantitative estimate of drug-likeness (QED) is 0.814. The van der Waals surface area contributed by atoms with Gasteiger partial charge in [-0.15, -0.1) is 0 Å². The van der Waals surface area contributed by atoms with E-state index in [-0.39, 0.29) is 0 Å². The molecule has 3 aliphatic rings. The predicted octanol–water partition coefficient (Wildman–Crippen LogP) is 1.62. The minimum atomic E-state index is 0.944. The highest BCUT2D eigenvalue weighted by Gasteiger charge is 2.31. The van der Waals surface area contributed by atoms with Gasteiger partial charge in [0, 0.05) is 18.4 Å². The lowest BCUT2D eigenvalue weighted by Crippen LogP contribution is -3.10. The van der Waals surface area contributed by atoms with Gasteiger partial charge in [-0.05, 0) is 44.1 Å². The lowest BCUT2D eigenvalue weighted by atomic mass is 9.89. The largest absolute Gasteiger partial charge is 0.334 e. The first kappa shape index (κ1) is 17.2. The van der Waals surface area contributed by atoms with Gasteiger partial charge in [0.25, 0.3) is 5.82 Å². The van der Waals surface area contributed by atoms with Crippen LogP contribution in [0.3, 0.4) is 0 Å². The molecule has 0 bridgehead atoms. The summed E-state index contributed by atoms with van der Waals surface area (Å²) in [6.45, 7) is 6.21. The van der Waals surface area contributed by atoms with Gasteiger partial charge >= 0.3 is 0 Å². The van der Waals surface area contributed by atoms with E-state index in [0.29, 0.717) is 0 Å². The zero-order valence-electron chi connectivity index (χ0n) is 15.2. The fraction of sp³-hybridized carbons (Fsp3) is 0.700. The second-order valence-corrected chi connectivity index (χ2v) is 8.81. The Bertz CT molecular complexity index is 655. The van der Waals surface area contributed by atoms with E-state index in [1.54, 1.807) is 4.90 Å². The van der Waals surface area contributed by atoms with Gasteiger partial charge in [-0.3, -0.25) is 4.90 Å².